The highest BCUT2D eigenvalue weighted by Gasteiger charge is 2.17. The molecule has 0 bridgehead atoms. The zero-order chi connectivity index (χ0) is 14.4. The van der Waals surface area contributed by atoms with E-state index in [1.54, 1.807) is 12.1 Å². The summed E-state index contributed by atoms with van der Waals surface area (Å²) in [4.78, 5) is 13.7. The number of carbonyl (C=O) groups is 1. The van der Waals surface area contributed by atoms with E-state index in [0.717, 1.165) is 6.42 Å². The monoisotopic (exact) mass is 329 g/mol. The topological polar surface area (TPSA) is 99.1 Å². The minimum atomic E-state index is -0.281. The van der Waals surface area contributed by atoms with Gasteiger partial charge in [-0.3, -0.25) is 4.79 Å². The number of nitrogens with zero attached hydrogens (tertiary/aromatic N) is 2. The molecule has 1 aromatic carbocycles. The van der Waals surface area contributed by atoms with Crippen LogP contribution in [0.4, 0.5) is 0 Å². The SMILES string of the molecule is CCCN(C/C(N)=N/O)C(=O)c1ccc(Br)c(O)c1. The van der Waals surface area contributed by atoms with Crippen LogP contribution in [0.1, 0.15) is 23.7 Å². The van der Waals surface area contributed by atoms with Crippen molar-refractivity contribution in [1.29, 1.82) is 0 Å². The Bertz CT molecular complexity index is 491. The van der Waals surface area contributed by atoms with Gasteiger partial charge in [0.15, 0.2) is 5.84 Å². The normalized spacial score (nSPS) is 11.4. The highest BCUT2D eigenvalue weighted by molar-refractivity contribution is 9.10. The largest absolute Gasteiger partial charge is 0.507 e. The van der Waals surface area contributed by atoms with Crippen LogP contribution in [0.3, 0.4) is 0 Å². The number of carbonyl (C=O) groups excluding carboxylic acids is 1. The Morgan fingerprint density at radius 2 is 2.21 bits per heavy atom. The summed E-state index contributed by atoms with van der Waals surface area (Å²) in [5, 5.41) is 21.0. The van der Waals surface area contributed by atoms with Gasteiger partial charge >= 0.3 is 0 Å². The summed E-state index contributed by atoms with van der Waals surface area (Å²) in [6.45, 7) is 2.44. The van der Waals surface area contributed by atoms with Gasteiger partial charge in [-0.05, 0) is 40.5 Å². The third-order valence-corrected chi connectivity index (χ3v) is 3.13. The number of halogens is 1. The van der Waals surface area contributed by atoms with Crippen LogP contribution in [-0.4, -0.2) is 40.0 Å². The minimum absolute atomic E-state index is 0.00824. The van der Waals surface area contributed by atoms with E-state index in [-0.39, 0.29) is 24.0 Å². The van der Waals surface area contributed by atoms with Gasteiger partial charge in [0.25, 0.3) is 5.91 Å². The molecule has 0 aliphatic carbocycles. The molecule has 7 heteroatoms. The van der Waals surface area contributed by atoms with Crippen molar-refractivity contribution in [2.75, 3.05) is 13.1 Å². The van der Waals surface area contributed by atoms with Gasteiger partial charge in [-0.2, -0.15) is 0 Å². The number of hydrogen-bond donors (Lipinski definition) is 3. The van der Waals surface area contributed by atoms with Crippen molar-refractivity contribution in [3.63, 3.8) is 0 Å². The molecule has 0 saturated carbocycles. The first-order valence-corrected chi connectivity index (χ1v) is 6.53. The molecule has 19 heavy (non-hydrogen) atoms. The molecule has 0 atom stereocenters. The molecule has 0 aliphatic rings. The van der Waals surface area contributed by atoms with Gasteiger partial charge in [0, 0.05) is 12.1 Å². The Morgan fingerprint density at radius 3 is 2.74 bits per heavy atom. The lowest BCUT2D eigenvalue weighted by molar-refractivity contribution is 0.0778. The Morgan fingerprint density at radius 1 is 1.53 bits per heavy atom. The molecule has 4 N–H and O–H groups in total. The van der Waals surface area contributed by atoms with E-state index in [4.69, 9.17) is 10.9 Å². The Labute approximate surface area is 119 Å². The Hall–Kier alpha value is -1.76. The van der Waals surface area contributed by atoms with Gasteiger partial charge in [0.2, 0.25) is 0 Å². The number of nitrogens with two attached hydrogens (primary N) is 1. The zero-order valence-corrected chi connectivity index (χ0v) is 12.1. The van der Waals surface area contributed by atoms with E-state index in [2.05, 4.69) is 21.1 Å². The molecule has 0 fully saturated rings. The van der Waals surface area contributed by atoms with Gasteiger partial charge in [0.05, 0.1) is 11.0 Å². The van der Waals surface area contributed by atoms with Crippen LogP contribution in [0.2, 0.25) is 0 Å². The van der Waals surface area contributed by atoms with Crippen LogP contribution >= 0.6 is 15.9 Å². The average molecular weight is 330 g/mol. The fourth-order valence-electron chi connectivity index (χ4n) is 1.58. The lowest BCUT2D eigenvalue weighted by Gasteiger charge is -2.21. The smallest absolute Gasteiger partial charge is 0.254 e. The summed E-state index contributed by atoms with van der Waals surface area (Å²) >= 11 is 3.15. The van der Waals surface area contributed by atoms with Crippen molar-refractivity contribution in [1.82, 2.24) is 4.90 Å². The zero-order valence-electron chi connectivity index (χ0n) is 10.5. The lowest BCUT2D eigenvalue weighted by atomic mass is 10.2. The van der Waals surface area contributed by atoms with E-state index in [1.165, 1.54) is 11.0 Å². The molecule has 1 aromatic rings. The first-order chi connectivity index (χ1) is 8.99. The van der Waals surface area contributed by atoms with Crippen LogP contribution in [0.15, 0.2) is 27.8 Å². The molecule has 0 radical (unpaired) electrons. The maximum absolute atomic E-state index is 12.3. The van der Waals surface area contributed by atoms with Gasteiger partial charge in [-0.1, -0.05) is 12.1 Å². The van der Waals surface area contributed by atoms with E-state index in [1.807, 2.05) is 6.92 Å². The second-order valence-electron chi connectivity index (χ2n) is 3.98. The van der Waals surface area contributed by atoms with E-state index < -0.39 is 0 Å². The highest BCUT2D eigenvalue weighted by Crippen LogP contribution is 2.24. The molecule has 1 amide bonds. The predicted molar refractivity (Wildman–Crippen MR) is 75.4 cm³/mol. The third-order valence-electron chi connectivity index (χ3n) is 2.46. The van der Waals surface area contributed by atoms with E-state index in [0.29, 0.717) is 16.6 Å². The molecule has 0 saturated heterocycles. The fraction of sp³-hybridized carbons (Fsp3) is 0.333. The van der Waals surface area contributed by atoms with Crippen LogP contribution in [0, 0.1) is 0 Å². The highest BCUT2D eigenvalue weighted by atomic mass is 79.9. The number of hydrogen-bond acceptors (Lipinski definition) is 4. The van der Waals surface area contributed by atoms with Gasteiger partial charge in [-0.25, -0.2) is 0 Å². The van der Waals surface area contributed by atoms with E-state index in [9.17, 15) is 9.90 Å². The van der Waals surface area contributed by atoms with Crippen LogP contribution < -0.4 is 5.73 Å². The molecule has 0 unspecified atom stereocenters. The number of aromatic hydroxyl groups is 1. The van der Waals surface area contributed by atoms with Gasteiger partial charge in [0.1, 0.15) is 5.75 Å². The van der Waals surface area contributed by atoms with Crippen molar-refractivity contribution in [2.24, 2.45) is 10.9 Å². The molecule has 0 heterocycles. The van der Waals surface area contributed by atoms with E-state index >= 15 is 0 Å². The molecule has 0 spiro atoms. The number of benzene rings is 1. The number of rotatable bonds is 5. The van der Waals surface area contributed by atoms with Crippen molar-refractivity contribution in [3.8, 4) is 5.75 Å². The summed E-state index contributed by atoms with van der Waals surface area (Å²) in [6, 6.07) is 4.57. The maximum atomic E-state index is 12.3. The summed E-state index contributed by atoms with van der Waals surface area (Å²) in [5.74, 6) is -0.328. The number of phenolic OH excluding ortho intramolecular Hbond substituents is 1. The number of oxime groups is 1. The first kappa shape index (κ1) is 15.3. The van der Waals surface area contributed by atoms with Crippen LogP contribution in [-0.2, 0) is 0 Å². The first-order valence-electron chi connectivity index (χ1n) is 5.73. The summed E-state index contributed by atoms with van der Waals surface area (Å²) in [5.41, 5.74) is 5.77. The Balaban J connectivity index is 2.95. The predicted octanol–water partition coefficient (Wildman–Crippen LogP) is 1.75. The molecule has 0 aliphatic heterocycles. The molecular formula is C12H16BrN3O3. The second-order valence-corrected chi connectivity index (χ2v) is 4.84. The second kappa shape index (κ2) is 6.98. The summed E-state index contributed by atoms with van der Waals surface area (Å²) in [7, 11) is 0. The quantitative estimate of drug-likeness (QED) is 0.331. The average Bonchev–Trinajstić information content (AvgIpc) is 2.40. The van der Waals surface area contributed by atoms with Crippen LogP contribution in [0.25, 0.3) is 0 Å². The third kappa shape index (κ3) is 4.13. The summed E-state index contributed by atoms with van der Waals surface area (Å²) < 4.78 is 0.516. The maximum Gasteiger partial charge on any atom is 0.254 e. The van der Waals surface area contributed by atoms with Gasteiger partial charge in [-0.15, -0.1) is 0 Å². The van der Waals surface area contributed by atoms with Crippen LogP contribution in [0.5, 0.6) is 5.75 Å². The fourth-order valence-corrected chi connectivity index (χ4v) is 1.82. The number of amides is 1. The number of amidine groups is 1. The van der Waals surface area contributed by atoms with Crippen molar-refractivity contribution in [2.45, 2.75) is 13.3 Å². The van der Waals surface area contributed by atoms with Crippen molar-refractivity contribution >= 4 is 27.7 Å². The molecule has 0 aromatic heterocycles. The minimum Gasteiger partial charge on any atom is -0.507 e. The summed E-state index contributed by atoms with van der Waals surface area (Å²) in [6.07, 6.45) is 0.743. The molecular weight excluding hydrogens is 314 g/mol. The molecule has 1 rings (SSSR count). The standard InChI is InChI=1S/C12H16BrN3O3/c1-2-5-16(7-11(14)15-19)12(18)8-3-4-9(13)10(17)6-8/h3-4,6,17,19H,2,5,7H2,1H3,(H2,14,15). The van der Waals surface area contributed by atoms with Gasteiger partial charge < -0.3 is 20.9 Å². The number of phenols is 1. The van der Waals surface area contributed by atoms with Crippen molar-refractivity contribution < 1.29 is 15.1 Å². The van der Waals surface area contributed by atoms with Crippen molar-refractivity contribution in [3.05, 3.63) is 28.2 Å². The Kier molecular flexibility index (Phi) is 5.62. The molecule has 104 valence electrons. The lowest BCUT2D eigenvalue weighted by Crippen LogP contribution is -2.39. The molecule has 6 nitrogen and oxygen atoms in total.